The van der Waals surface area contributed by atoms with Gasteiger partial charge in [-0.1, -0.05) is 6.07 Å². The fraction of sp³-hybridized carbons (Fsp3) is 0.469. The van der Waals surface area contributed by atoms with Gasteiger partial charge in [0, 0.05) is 43.7 Å². The van der Waals surface area contributed by atoms with E-state index >= 15 is 0 Å². The smallest absolute Gasteiger partial charge is 0.188 e. The number of rotatable bonds is 7. The number of hydrogen-bond acceptors (Lipinski definition) is 7. The first-order valence-corrected chi connectivity index (χ1v) is 14.5. The van der Waals surface area contributed by atoms with Gasteiger partial charge in [0.05, 0.1) is 23.9 Å². The van der Waals surface area contributed by atoms with Crippen LogP contribution in [-0.4, -0.2) is 58.8 Å². The van der Waals surface area contributed by atoms with E-state index in [0.717, 1.165) is 88.2 Å². The number of benzene rings is 2. The van der Waals surface area contributed by atoms with Crippen molar-refractivity contribution in [1.29, 1.82) is 5.26 Å². The molecule has 40 heavy (non-hydrogen) atoms. The number of nitriles is 1. The lowest BCUT2D eigenvalue weighted by atomic mass is 9.72. The van der Waals surface area contributed by atoms with Crippen molar-refractivity contribution >= 4 is 5.82 Å². The summed E-state index contributed by atoms with van der Waals surface area (Å²) in [6, 6.07) is 12.4. The first-order valence-electron chi connectivity index (χ1n) is 14.5. The number of hydrogen-bond donors (Lipinski definition) is 1. The van der Waals surface area contributed by atoms with Crippen LogP contribution in [0.2, 0.25) is 0 Å². The van der Waals surface area contributed by atoms with Gasteiger partial charge < -0.3 is 19.6 Å². The molecule has 8 heteroatoms. The SMILES string of the molecule is N#Cc1ccc(-c2cc(F)ccc2Oc2cncnc2N2CC3(CN(CC4CCC(O)CC4)C3)C2)c(C2CC2)c1. The Morgan fingerprint density at radius 3 is 2.52 bits per heavy atom. The number of aliphatic hydroxyl groups excluding tert-OH is 1. The highest BCUT2D eigenvalue weighted by Gasteiger charge is 2.52. The Morgan fingerprint density at radius 1 is 0.975 bits per heavy atom. The van der Waals surface area contributed by atoms with Crippen LogP contribution in [0.3, 0.4) is 0 Å². The molecule has 3 heterocycles. The number of nitrogens with zero attached hydrogens (tertiary/aromatic N) is 5. The minimum Gasteiger partial charge on any atom is -0.451 e. The van der Waals surface area contributed by atoms with E-state index in [1.807, 2.05) is 12.1 Å². The summed E-state index contributed by atoms with van der Waals surface area (Å²) < 4.78 is 20.9. The molecular weight excluding hydrogens is 505 g/mol. The van der Waals surface area contributed by atoms with Gasteiger partial charge in [0.1, 0.15) is 17.9 Å². The topological polar surface area (TPSA) is 85.5 Å². The molecule has 2 aliphatic carbocycles. The third-order valence-corrected chi connectivity index (χ3v) is 9.11. The summed E-state index contributed by atoms with van der Waals surface area (Å²) >= 11 is 0. The maximum atomic E-state index is 14.5. The molecule has 1 N–H and O–H groups in total. The van der Waals surface area contributed by atoms with Gasteiger partial charge in [-0.15, -0.1) is 0 Å². The molecule has 2 aliphatic heterocycles. The summed E-state index contributed by atoms with van der Waals surface area (Å²) in [6.07, 6.45) is 9.43. The molecule has 0 radical (unpaired) electrons. The van der Waals surface area contributed by atoms with Gasteiger partial charge in [-0.25, -0.2) is 14.4 Å². The highest BCUT2D eigenvalue weighted by Crippen LogP contribution is 2.48. The van der Waals surface area contributed by atoms with Crippen molar-refractivity contribution in [1.82, 2.24) is 14.9 Å². The second-order valence-electron chi connectivity index (χ2n) is 12.3. The molecule has 4 aliphatic rings. The van der Waals surface area contributed by atoms with Crippen LogP contribution in [0, 0.1) is 28.5 Å². The maximum absolute atomic E-state index is 14.5. The van der Waals surface area contributed by atoms with Crippen LogP contribution in [-0.2, 0) is 0 Å². The van der Waals surface area contributed by atoms with E-state index in [9.17, 15) is 14.8 Å². The average Bonchev–Trinajstić information content (AvgIpc) is 3.77. The fourth-order valence-electron chi connectivity index (χ4n) is 6.99. The Morgan fingerprint density at radius 2 is 1.77 bits per heavy atom. The van der Waals surface area contributed by atoms with E-state index in [2.05, 4.69) is 25.8 Å². The van der Waals surface area contributed by atoms with Crippen molar-refractivity contribution in [2.45, 2.75) is 50.5 Å². The third-order valence-electron chi connectivity index (χ3n) is 9.11. The maximum Gasteiger partial charge on any atom is 0.188 e. The second kappa shape index (κ2) is 10.1. The van der Waals surface area contributed by atoms with E-state index in [-0.39, 0.29) is 11.9 Å². The molecule has 0 unspecified atom stereocenters. The lowest BCUT2D eigenvalue weighted by molar-refractivity contribution is -0.0373. The quantitative estimate of drug-likeness (QED) is 0.425. The minimum absolute atomic E-state index is 0.0983. The Hall–Kier alpha value is -3.54. The molecule has 2 saturated heterocycles. The molecule has 7 rings (SSSR count). The number of aromatic nitrogens is 2. The van der Waals surface area contributed by atoms with E-state index in [4.69, 9.17) is 4.74 Å². The zero-order chi connectivity index (χ0) is 27.3. The van der Waals surface area contributed by atoms with Gasteiger partial charge >= 0.3 is 0 Å². The summed E-state index contributed by atoms with van der Waals surface area (Å²) in [7, 11) is 0. The van der Waals surface area contributed by atoms with Gasteiger partial charge in [-0.3, -0.25) is 0 Å². The zero-order valence-corrected chi connectivity index (χ0v) is 22.6. The van der Waals surface area contributed by atoms with E-state index in [1.165, 1.54) is 12.1 Å². The molecule has 4 fully saturated rings. The van der Waals surface area contributed by atoms with Crippen molar-refractivity contribution in [3.8, 4) is 28.7 Å². The molecule has 2 aromatic carbocycles. The third kappa shape index (κ3) is 4.93. The van der Waals surface area contributed by atoms with Crippen LogP contribution in [0.4, 0.5) is 10.2 Å². The number of ether oxygens (including phenoxy) is 1. The Balaban J connectivity index is 1.07. The van der Waals surface area contributed by atoms with Crippen LogP contribution in [0.15, 0.2) is 48.9 Å². The summed E-state index contributed by atoms with van der Waals surface area (Å²) in [4.78, 5) is 13.6. The number of likely N-dealkylation sites (tertiary alicyclic amines) is 1. The summed E-state index contributed by atoms with van der Waals surface area (Å²) in [5.74, 6) is 2.63. The highest BCUT2D eigenvalue weighted by atomic mass is 19.1. The molecule has 0 atom stereocenters. The first-order chi connectivity index (χ1) is 19.5. The van der Waals surface area contributed by atoms with Crippen molar-refractivity contribution in [2.24, 2.45) is 11.3 Å². The summed E-state index contributed by atoms with van der Waals surface area (Å²) in [6.45, 7) is 5.21. The Kier molecular flexibility index (Phi) is 6.44. The van der Waals surface area contributed by atoms with Crippen molar-refractivity contribution in [2.75, 3.05) is 37.6 Å². The monoisotopic (exact) mass is 539 g/mol. The number of anilines is 1. The van der Waals surface area contributed by atoms with Gasteiger partial charge in [-0.05, 0) is 91.8 Å². The molecule has 3 aromatic rings. The first kappa shape index (κ1) is 25.4. The molecule has 0 amide bonds. The van der Waals surface area contributed by atoms with Crippen LogP contribution in [0.5, 0.6) is 11.5 Å². The second-order valence-corrected chi connectivity index (χ2v) is 12.3. The summed E-state index contributed by atoms with van der Waals surface area (Å²) in [5.41, 5.74) is 3.56. The van der Waals surface area contributed by atoms with E-state index < -0.39 is 0 Å². The van der Waals surface area contributed by atoms with Crippen LogP contribution in [0.1, 0.15) is 55.6 Å². The Labute approximate surface area is 234 Å². The van der Waals surface area contributed by atoms with Gasteiger partial charge in [-0.2, -0.15) is 5.26 Å². The van der Waals surface area contributed by atoms with Crippen LogP contribution in [0.25, 0.3) is 11.1 Å². The van der Waals surface area contributed by atoms with Crippen LogP contribution < -0.4 is 9.64 Å². The average molecular weight is 540 g/mol. The predicted molar refractivity (Wildman–Crippen MR) is 150 cm³/mol. The molecular formula is C32H34FN5O2. The Bertz CT molecular complexity index is 1450. The van der Waals surface area contributed by atoms with Crippen molar-refractivity contribution in [3.63, 3.8) is 0 Å². The van der Waals surface area contributed by atoms with Crippen LogP contribution >= 0.6 is 0 Å². The molecule has 1 spiro atoms. The van der Waals surface area contributed by atoms with Gasteiger partial charge in [0.2, 0.25) is 0 Å². The minimum atomic E-state index is -0.332. The van der Waals surface area contributed by atoms with Crippen molar-refractivity contribution in [3.05, 3.63) is 65.9 Å². The van der Waals surface area contributed by atoms with Gasteiger partial charge in [0.25, 0.3) is 0 Å². The number of aliphatic hydroxyl groups is 1. The molecule has 2 saturated carbocycles. The fourth-order valence-corrected chi connectivity index (χ4v) is 6.99. The normalized spacial score (nSPS) is 23.8. The van der Waals surface area contributed by atoms with Crippen molar-refractivity contribution < 1.29 is 14.2 Å². The molecule has 0 bridgehead atoms. The highest BCUT2D eigenvalue weighted by molar-refractivity contribution is 5.76. The molecule has 1 aromatic heterocycles. The largest absolute Gasteiger partial charge is 0.451 e. The zero-order valence-electron chi connectivity index (χ0n) is 22.6. The summed E-state index contributed by atoms with van der Waals surface area (Å²) in [5, 5.41) is 19.2. The molecule has 7 nitrogen and oxygen atoms in total. The van der Waals surface area contributed by atoms with E-state index in [1.54, 1.807) is 24.7 Å². The lowest BCUT2D eigenvalue weighted by Crippen LogP contribution is -2.72. The standard InChI is InChI=1S/C32H34FN5O2/c33-24-6-10-29(28(12-24)26-9-3-22(13-34)11-27(26)23-4-5-23)40-30-14-35-20-36-31(30)38-18-32(19-38)16-37(17-32)15-21-1-7-25(39)8-2-21/h3,6,9-12,14,20-21,23,25,39H,1-2,4-5,7-8,15-19H2. The predicted octanol–water partition coefficient (Wildman–Crippen LogP) is 5.50. The number of halogens is 1. The lowest BCUT2D eigenvalue weighted by Gasteiger charge is -2.61. The molecule has 206 valence electrons. The van der Waals surface area contributed by atoms with Gasteiger partial charge in [0.15, 0.2) is 11.6 Å². The van der Waals surface area contributed by atoms with E-state index in [0.29, 0.717) is 39.9 Å².